The molecule has 8 aromatic rings. The van der Waals surface area contributed by atoms with Gasteiger partial charge >= 0.3 is 0 Å². The molecule has 2 aromatic heterocycles. The Kier molecular flexibility index (Phi) is 10.4. The fourth-order valence-corrected chi connectivity index (χ4v) is 7.66. The van der Waals surface area contributed by atoms with E-state index in [2.05, 4.69) is 44.7 Å². The smallest absolute Gasteiger partial charge is 0.248 e. The minimum absolute atomic E-state index is 0.0985. The van der Waals surface area contributed by atoms with Crippen molar-refractivity contribution >= 4 is 11.6 Å². The van der Waals surface area contributed by atoms with Crippen LogP contribution in [0.15, 0.2) is 167 Å². The van der Waals surface area contributed by atoms with Crippen molar-refractivity contribution in [1.29, 1.82) is 0 Å². The largest absolute Gasteiger partial charge is 0.457 e. The van der Waals surface area contributed by atoms with Crippen LogP contribution in [0.25, 0.3) is 11.6 Å². The minimum atomic E-state index is -0.786. The summed E-state index contributed by atoms with van der Waals surface area (Å²) in [5.74, 6) is 4.92. The quantitative estimate of drug-likeness (QED) is 0.152. The Balaban J connectivity index is 0.000000154. The lowest BCUT2D eigenvalue weighted by atomic mass is 9.92. The van der Waals surface area contributed by atoms with Gasteiger partial charge in [0.05, 0.1) is 22.6 Å². The van der Waals surface area contributed by atoms with E-state index in [0.29, 0.717) is 36.4 Å². The van der Waals surface area contributed by atoms with Gasteiger partial charge in [0, 0.05) is 16.7 Å². The minimum Gasteiger partial charge on any atom is -0.457 e. The van der Waals surface area contributed by atoms with Crippen LogP contribution < -0.4 is 20.9 Å². The van der Waals surface area contributed by atoms with Gasteiger partial charge < -0.3 is 29.8 Å². The third kappa shape index (κ3) is 8.11. The van der Waals surface area contributed by atoms with Crippen LogP contribution in [0.5, 0.6) is 23.0 Å². The van der Waals surface area contributed by atoms with Gasteiger partial charge in [-0.15, -0.1) is 20.4 Å². The first kappa shape index (κ1) is 38.4. The molecule has 4 N–H and O–H groups in total. The molecule has 1 unspecified atom stereocenters. The molecular weight excluding hydrogens is 749 g/mol. The van der Waals surface area contributed by atoms with Crippen molar-refractivity contribution in [3.63, 3.8) is 0 Å². The lowest BCUT2D eigenvalue weighted by molar-refractivity contribution is 0.330. The Bertz CT molecular complexity index is 2780. The number of benzene rings is 6. The first-order valence-electron chi connectivity index (χ1n) is 20.0. The van der Waals surface area contributed by atoms with E-state index in [1.807, 2.05) is 153 Å². The molecule has 0 saturated heterocycles. The molecule has 0 bridgehead atoms. The van der Waals surface area contributed by atoms with Crippen LogP contribution >= 0.6 is 0 Å². The average molecular weight is 793 g/mol. The molecule has 0 saturated carbocycles. The molecule has 2 aliphatic heterocycles. The number of nitrogens with two attached hydrogens (primary N) is 2. The fourth-order valence-electron chi connectivity index (χ4n) is 7.66. The number of para-hydroxylation sites is 4. The summed E-state index contributed by atoms with van der Waals surface area (Å²) >= 11 is 0. The zero-order chi connectivity index (χ0) is 41.1. The molecule has 60 heavy (non-hydrogen) atoms. The molecule has 2 aliphatic rings. The molecule has 0 radical (unpaired) electrons. The number of hydrogen-bond acceptors (Lipinski definition) is 10. The maximum atomic E-state index is 6.59. The first-order valence-corrected chi connectivity index (χ1v) is 20.0. The lowest BCUT2D eigenvalue weighted by Crippen LogP contribution is -2.36. The summed E-state index contributed by atoms with van der Waals surface area (Å²) in [6, 6.07) is 52.0. The summed E-state index contributed by atoms with van der Waals surface area (Å²) < 4.78 is 24.6. The molecule has 0 amide bonds. The van der Waals surface area contributed by atoms with Crippen molar-refractivity contribution in [2.45, 2.75) is 50.1 Å². The maximum absolute atomic E-state index is 6.59. The van der Waals surface area contributed by atoms with E-state index in [-0.39, 0.29) is 5.92 Å². The second-order valence-corrected chi connectivity index (χ2v) is 15.7. The van der Waals surface area contributed by atoms with Crippen molar-refractivity contribution in [3.8, 4) is 23.0 Å². The Labute approximate surface area is 348 Å². The molecule has 0 spiro atoms. The van der Waals surface area contributed by atoms with Crippen molar-refractivity contribution in [2.24, 2.45) is 11.5 Å². The zero-order valence-electron chi connectivity index (χ0n) is 33.4. The number of nitrogens with zero attached hydrogens (tertiary/aromatic N) is 4. The molecule has 3 atom stereocenters. The van der Waals surface area contributed by atoms with Gasteiger partial charge in [0.15, 0.2) is 0 Å². The number of aromatic nitrogens is 4. The topological polar surface area (TPSA) is 148 Å². The standard InChI is InChI=1S/C25H23N3O2.C25H21N3O2/c2*1-25(26,16-17-9-3-2-4-10-17)24-28-27-23(30-24)20-15-18-11-5-7-13-21(18)29-22-14-8-6-12-19(20)22/h2-14,20H,15-16,26H2,1H3;2-15H,16,26H2,1H3/t20?,25-;25-/m11/s1. The van der Waals surface area contributed by atoms with E-state index in [9.17, 15) is 0 Å². The molecule has 10 nitrogen and oxygen atoms in total. The van der Waals surface area contributed by atoms with Gasteiger partial charge in [0.2, 0.25) is 23.6 Å². The monoisotopic (exact) mass is 792 g/mol. The van der Waals surface area contributed by atoms with Gasteiger partial charge in [-0.05, 0) is 80.1 Å². The van der Waals surface area contributed by atoms with Gasteiger partial charge in [-0.25, -0.2) is 0 Å². The van der Waals surface area contributed by atoms with Crippen molar-refractivity contribution in [3.05, 3.63) is 215 Å². The van der Waals surface area contributed by atoms with E-state index < -0.39 is 11.1 Å². The number of fused-ring (bicyclic) bond motifs is 4. The molecule has 298 valence electrons. The summed E-state index contributed by atoms with van der Waals surface area (Å²) in [4.78, 5) is 0. The third-order valence-corrected chi connectivity index (χ3v) is 10.7. The first-order chi connectivity index (χ1) is 29.2. The molecule has 10 heteroatoms. The predicted molar refractivity (Wildman–Crippen MR) is 230 cm³/mol. The van der Waals surface area contributed by atoms with Crippen LogP contribution in [0.4, 0.5) is 0 Å². The molecule has 6 aromatic carbocycles. The highest BCUT2D eigenvalue weighted by Crippen LogP contribution is 2.43. The molecule has 4 heterocycles. The van der Waals surface area contributed by atoms with Crippen molar-refractivity contribution in [2.75, 3.05) is 0 Å². The summed E-state index contributed by atoms with van der Waals surface area (Å²) in [5, 5.41) is 17.4. The van der Waals surface area contributed by atoms with Crippen molar-refractivity contribution in [1.82, 2.24) is 20.4 Å². The number of rotatable bonds is 8. The van der Waals surface area contributed by atoms with Crippen molar-refractivity contribution < 1.29 is 18.3 Å². The Morgan fingerprint density at radius 3 is 1.78 bits per heavy atom. The third-order valence-electron chi connectivity index (χ3n) is 10.7. The SMILES string of the molecule is C[C@@](N)(Cc1ccccc1)c1nnc(C2=Cc3ccccc3Oc3ccccc32)o1.C[C@@](N)(Cc1ccccc1)c1nnc(C2Cc3ccccc3Oc3ccccc32)o1. The van der Waals surface area contributed by atoms with E-state index in [1.165, 1.54) is 0 Å². The number of hydrogen-bond donors (Lipinski definition) is 2. The van der Waals surface area contributed by atoms with E-state index >= 15 is 0 Å². The highest BCUT2D eigenvalue weighted by Gasteiger charge is 2.34. The van der Waals surface area contributed by atoms with E-state index in [4.69, 9.17) is 29.8 Å². The molecule has 0 aliphatic carbocycles. The Morgan fingerprint density at radius 2 is 1.07 bits per heavy atom. The second kappa shape index (κ2) is 16.2. The summed E-state index contributed by atoms with van der Waals surface area (Å²) in [6.07, 6.45) is 3.94. The lowest BCUT2D eigenvalue weighted by Gasteiger charge is -2.20. The van der Waals surface area contributed by atoms with Gasteiger partial charge in [0.25, 0.3) is 0 Å². The molecule has 10 rings (SSSR count). The summed E-state index contributed by atoms with van der Waals surface area (Å²) in [7, 11) is 0. The van der Waals surface area contributed by atoms with Crippen LogP contribution in [0.3, 0.4) is 0 Å². The maximum Gasteiger partial charge on any atom is 0.248 e. The summed E-state index contributed by atoms with van der Waals surface area (Å²) in [6.45, 7) is 3.84. The van der Waals surface area contributed by atoms with Crippen LogP contribution in [0.2, 0.25) is 0 Å². The second-order valence-electron chi connectivity index (χ2n) is 15.7. The molecular formula is C50H44N6O4. The van der Waals surface area contributed by atoms with Crippen LogP contribution in [-0.4, -0.2) is 20.4 Å². The highest BCUT2D eigenvalue weighted by atomic mass is 16.5. The number of ether oxygens (including phenoxy) is 2. The fraction of sp³-hybridized carbons (Fsp3) is 0.160. The van der Waals surface area contributed by atoms with Crippen LogP contribution in [0, 0.1) is 0 Å². The van der Waals surface area contributed by atoms with Gasteiger partial charge in [-0.2, -0.15) is 0 Å². The Hall–Kier alpha value is -7.14. The van der Waals surface area contributed by atoms with Gasteiger partial charge in [-0.1, -0.05) is 133 Å². The van der Waals surface area contributed by atoms with Crippen LogP contribution in [0.1, 0.15) is 76.7 Å². The Morgan fingerprint density at radius 1 is 0.533 bits per heavy atom. The van der Waals surface area contributed by atoms with Crippen LogP contribution in [-0.2, 0) is 30.3 Å². The predicted octanol–water partition coefficient (Wildman–Crippen LogP) is 10.1. The zero-order valence-corrected chi connectivity index (χ0v) is 33.4. The van der Waals surface area contributed by atoms with Gasteiger partial charge in [-0.3, -0.25) is 0 Å². The normalized spacial score (nSPS) is 15.9. The van der Waals surface area contributed by atoms with E-state index in [1.54, 1.807) is 0 Å². The summed E-state index contributed by atoms with van der Waals surface area (Å²) in [5.41, 5.74) is 18.7. The van der Waals surface area contributed by atoms with E-state index in [0.717, 1.165) is 68.4 Å². The highest BCUT2D eigenvalue weighted by molar-refractivity contribution is 5.92. The molecule has 0 fully saturated rings. The van der Waals surface area contributed by atoms with Gasteiger partial charge in [0.1, 0.15) is 23.0 Å². The average Bonchev–Trinajstić information content (AvgIpc) is 3.90.